The average molecular weight is 260 g/mol. The Balaban J connectivity index is 3.16. The van der Waals surface area contributed by atoms with Crippen molar-refractivity contribution in [3.8, 4) is 11.5 Å². The molecule has 17 heavy (non-hydrogen) atoms. The Hall–Kier alpha value is -1.27. The van der Waals surface area contributed by atoms with Crippen molar-refractivity contribution in [2.75, 3.05) is 14.2 Å². The lowest BCUT2D eigenvalue weighted by atomic mass is 10.1. The van der Waals surface area contributed by atoms with E-state index in [0.717, 1.165) is 6.08 Å². The number of halogens is 1. The van der Waals surface area contributed by atoms with E-state index in [1.54, 1.807) is 12.1 Å². The van der Waals surface area contributed by atoms with Crippen molar-refractivity contribution in [1.29, 1.82) is 0 Å². The minimum atomic E-state index is -2.38. The molecular weight excluding hydrogens is 246 g/mol. The first-order valence-corrected chi connectivity index (χ1v) is 5.10. The molecule has 5 nitrogen and oxygen atoms in total. The molecule has 0 aliphatic carbocycles. The van der Waals surface area contributed by atoms with E-state index in [1.165, 1.54) is 20.3 Å². The van der Waals surface area contributed by atoms with Gasteiger partial charge in [0.15, 0.2) is 11.5 Å². The van der Waals surface area contributed by atoms with Gasteiger partial charge in [-0.25, -0.2) is 0 Å². The largest absolute Gasteiger partial charge is 0.493 e. The van der Waals surface area contributed by atoms with E-state index >= 15 is 0 Å². The fourth-order valence-corrected chi connectivity index (χ4v) is 1.54. The summed E-state index contributed by atoms with van der Waals surface area (Å²) in [7, 11) is 2.96. The van der Waals surface area contributed by atoms with Gasteiger partial charge in [-0.05, 0) is 23.8 Å². The summed E-state index contributed by atoms with van der Waals surface area (Å²) in [5, 5.41) is 18.2. The van der Waals surface area contributed by atoms with Crippen LogP contribution in [-0.2, 0) is 0 Å². The third-order valence-electron chi connectivity index (χ3n) is 2.02. The Morgan fingerprint density at radius 1 is 1.29 bits per heavy atom. The van der Waals surface area contributed by atoms with E-state index in [4.69, 9.17) is 37.0 Å². The Morgan fingerprint density at radius 3 is 2.41 bits per heavy atom. The molecular formula is C11H14ClNO4. The summed E-state index contributed by atoms with van der Waals surface area (Å²) in [6, 6.07) is 3.29. The van der Waals surface area contributed by atoms with E-state index in [1.807, 2.05) is 0 Å². The van der Waals surface area contributed by atoms with Crippen LogP contribution in [-0.4, -0.2) is 30.3 Å². The summed E-state index contributed by atoms with van der Waals surface area (Å²) in [5.74, 6) is -1.52. The second-order valence-corrected chi connectivity index (χ2v) is 3.70. The zero-order valence-corrected chi connectivity index (χ0v) is 10.2. The minimum absolute atomic E-state index is 0.298. The van der Waals surface area contributed by atoms with Gasteiger partial charge in [-0.15, -0.1) is 0 Å². The average Bonchev–Trinajstić information content (AvgIpc) is 2.25. The van der Waals surface area contributed by atoms with Gasteiger partial charge in [0, 0.05) is 0 Å². The zero-order chi connectivity index (χ0) is 13.1. The number of ether oxygens (including phenoxy) is 2. The van der Waals surface area contributed by atoms with Gasteiger partial charge in [-0.2, -0.15) is 0 Å². The highest BCUT2D eigenvalue weighted by Gasteiger charge is 2.13. The van der Waals surface area contributed by atoms with E-state index in [-0.39, 0.29) is 0 Å². The van der Waals surface area contributed by atoms with Gasteiger partial charge in [0.05, 0.1) is 19.2 Å². The molecule has 0 radical (unpaired) electrons. The Morgan fingerprint density at radius 2 is 1.94 bits per heavy atom. The molecule has 0 atom stereocenters. The fraction of sp³-hybridized carbons (Fsp3) is 0.273. The maximum atomic E-state index is 8.94. The van der Waals surface area contributed by atoms with Crippen LogP contribution in [0.2, 0.25) is 5.02 Å². The van der Waals surface area contributed by atoms with E-state index in [0.29, 0.717) is 22.1 Å². The number of benzene rings is 1. The summed E-state index contributed by atoms with van der Waals surface area (Å²) in [4.78, 5) is 0. The quantitative estimate of drug-likeness (QED) is 0.702. The number of hydrogen-bond acceptors (Lipinski definition) is 5. The molecule has 4 N–H and O–H groups in total. The molecule has 0 saturated carbocycles. The lowest BCUT2D eigenvalue weighted by Crippen LogP contribution is -2.36. The molecule has 0 amide bonds. The van der Waals surface area contributed by atoms with Crippen LogP contribution in [0.1, 0.15) is 5.56 Å². The van der Waals surface area contributed by atoms with Crippen molar-refractivity contribution in [3.63, 3.8) is 0 Å². The molecule has 0 unspecified atom stereocenters. The summed E-state index contributed by atoms with van der Waals surface area (Å²) in [6.45, 7) is 0. The normalized spacial score (nSPS) is 11.9. The molecule has 0 aliphatic heterocycles. The highest BCUT2D eigenvalue weighted by atomic mass is 35.5. The van der Waals surface area contributed by atoms with Crippen LogP contribution in [0.5, 0.6) is 11.5 Å². The Bertz CT molecular complexity index is 426. The standard InChI is InChI=1S/C11H14ClNO4/c1-16-8-4-3-7(5-6-11(13,14)15)9(12)10(8)17-2/h3-6,14-15H,13H2,1-2H3/b6-5+. The monoisotopic (exact) mass is 259 g/mol. The summed E-state index contributed by atoms with van der Waals surface area (Å²) >= 11 is 6.06. The molecule has 94 valence electrons. The molecule has 0 aliphatic rings. The van der Waals surface area contributed by atoms with Crippen LogP contribution < -0.4 is 15.2 Å². The van der Waals surface area contributed by atoms with Gasteiger partial charge in [-0.1, -0.05) is 17.7 Å². The maximum Gasteiger partial charge on any atom is 0.241 e. The van der Waals surface area contributed by atoms with Crippen LogP contribution in [0.3, 0.4) is 0 Å². The lowest BCUT2D eigenvalue weighted by molar-refractivity contribution is -0.111. The van der Waals surface area contributed by atoms with E-state index in [2.05, 4.69) is 0 Å². The number of aliphatic hydroxyl groups is 2. The molecule has 0 aromatic heterocycles. The molecule has 1 aromatic carbocycles. The first-order chi connectivity index (χ1) is 7.89. The van der Waals surface area contributed by atoms with Crippen LogP contribution in [0.15, 0.2) is 18.2 Å². The van der Waals surface area contributed by atoms with Crippen molar-refractivity contribution in [1.82, 2.24) is 0 Å². The minimum Gasteiger partial charge on any atom is -0.493 e. The summed E-state index contributed by atoms with van der Waals surface area (Å²) in [5.41, 5.74) is 5.52. The Labute approximate surface area is 104 Å². The van der Waals surface area contributed by atoms with Gasteiger partial charge in [-0.3, -0.25) is 5.73 Å². The lowest BCUT2D eigenvalue weighted by Gasteiger charge is -2.12. The van der Waals surface area contributed by atoms with Crippen molar-refractivity contribution >= 4 is 17.7 Å². The van der Waals surface area contributed by atoms with Gasteiger partial charge >= 0.3 is 0 Å². The van der Waals surface area contributed by atoms with Crippen molar-refractivity contribution in [3.05, 3.63) is 28.8 Å². The smallest absolute Gasteiger partial charge is 0.241 e. The zero-order valence-electron chi connectivity index (χ0n) is 9.48. The molecule has 1 aromatic rings. The number of methoxy groups -OCH3 is 2. The third-order valence-corrected chi connectivity index (χ3v) is 2.41. The maximum absolute atomic E-state index is 8.94. The third kappa shape index (κ3) is 3.61. The molecule has 6 heteroatoms. The van der Waals surface area contributed by atoms with Crippen LogP contribution in [0, 0.1) is 0 Å². The number of hydrogen-bond donors (Lipinski definition) is 3. The topological polar surface area (TPSA) is 84.9 Å². The van der Waals surface area contributed by atoms with Crippen LogP contribution in [0.25, 0.3) is 6.08 Å². The van der Waals surface area contributed by atoms with Gasteiger partial charge < -0.3 is 19.7 Å². The molecule has 0 fully saturated rings. The summed E-state index contributed by atoms with van der Waals surface area (Å²) in [6.07, 6.45) is 2.38. The van der Waals surface area contributed by atoms with Crippen LogP contribution >= 0.6 is 11.6 Å². The number of nitrogens with two attached hydrogens (primary N) is 1. The number of rotatable bonds is 4. The van der Waals surface area contributed by atoms with Gasteiger partial charge in [0.2, 0.25) is 5.91 Å². The molecule has 0 spiro atoms. The SMILES string of the molecule is COc1ccc(/C=C/C(N)(O)O)c(Cl)c1OC. The summed E-state index contributed by atoms with van der Waals surface area (Å²) < 4.78 is 10.2. The predicted molar refractivity (Wildman–Crippen MR) is 64.9 cm³/mol. The van der Waals surface area contributed by atoms with Crippen LogP contribution in [0.4, 0.5) is 0 Å². The molecule has 0 saturated heterocycles. The van der Waals surface area contributed by atoms with Crippen molar-refractivity contribution in [2.24, 2.45) is 5.73 Å². The van der Waals surface area contributed by atoms with E-state index in [9.17, 15) is 0 Å². The predicted octanol–water partition coefficient (Wildman–Crippen LogP) is 0.967. The second kappa shape index (κ2) is 5.37. The fourth-order valence-electron chi connectivity index (χ4n) is 1.25. The Kier molecular flexibility index (Phi) is 4.36. The second-order valence-electron chi connectivity index (χ2n) is 3.32. The highest BCUT2D eigenvalue weighted by Crippen LogP contribution is 2.37. The van der Waals surface area contributed by atoms with Gasteiger partial charge in [0.1, 0.15) is 0 Å². The van der Waals surface area contributed by atoms with Crippen molar-refractivity contribution in [2.45, 2.75) is 5.91 Å². The molecule has 1 rings (SSSR count). The molecule has 0 bridgehead atoms. The van der Waals surface area contributed by atoms with Gasteiger partial charge in [0.25, 0.3) is 0 Å². The first kappa shape index (κ1) is 13.8. The first-order valence-electron chi connectivity index (χ1n) is 4.72. The van der Waals surface area contributed by atoms with Crippen molar-refractivity contribution < 1.29 is 19.7 Å². The highest BCUT2D eigenvalue weighted by molar-refractivity contribution is 6.33. The molecule has 0 heterocycles. The van der Waals surface area contributed by atoms with E-state index < -0.39 is 5.91 Å².